The van der Waals surface area contributed by atoms with Gasteiger partial charge < -0.3 is 15.4 Å². The molecule has 1 aliphatic rings. The summed E-state index contributed by atoms with van der Waals surface area (Å²) in [5.74, 6) is 0.869. The summed E-state index contributed by atoms with van der Waals surface area (Å²) in [5, 5.41) is 0. The second-order valence-corrected chi connectivity index (χ2v) is 5.52. The smallest absolute Gasteiger partial charge is 0.231 e. The van der Waals surface area contributed by atoms with Crippen LogP contribution in [0.2, 0.25) is 0 Å². The van der Waals surface area contributed by atoms with E-state index in [9.17, 15) is 4.79 Å². The lowest BCUT2D eigenvalue weighted by molar-refractivity contribution is -0.118. The van der Waals surface area contributed by atoms with Gasteiger partial charge in [-0.05, 0) is 48.2 Å². The molecule has 22 heavy (non-hydrogen) atoms. The Kier molecular flexibility index (Phi) is 4.00. The molecular formula is C18H20N2O2. The van der Waals surface area contributed by atoms with Crippen LogP contribution in [0.25, 0.3) is 0 Å². The van der Waals surface area contributed by atoms with Crippen LogP contribution >= 0.6 is 0 Å². The molecule has 1 amide bonds. The lowest BCUT2D eigenvalue weighted by atomic mass is 9.99. The predicted octanol–water partition coefficient (Wildman–Crippen LogP) is 2.80. The molecule has 0 atom stereocenters. The molecule has 2 N–H and O–H groups in total. The highest BCUT2D eigenvalue weighted by molar-refractivity contribution is 5.96. The van der Waals surface area contributed by atoms with Gasteiger partial charge in [0.05, 0.1) is 13.5 Å². The Balaban J connectivity index is 1.83. The van der Waals surface area contributed by atoms with Gasteiger partial charge in [0.25, 0.3) is 0 Å². The number of methoxy groups -OCH3 is 1. The molecule has 4 nitrogen and oxygen atoms in total. The average molecular weight is 296 g/mol. The van der Waals surface area contributed by atoms with E-state index < -0.39 is 0 Å². The Labute approximate surface area is 130 Å². The van der Waals surface area contributed by atoms with Gasteiger partial charge in [0.15, 0.2) is 0 Å². The van der Waals surface area contributed by atoms with Crippen molar-refractivity contribution in [2.45, 2.75) is 19.3 Å². The van der Waals surface area contributed by atoms with Gasteiger partial charge in [-0.15, -0.1) is 0 Å². The maximum absolute atomic E-state index is 12.7. The van der Waals surface area contributed by atoms with Gasteiger partial charge >= 0.3 is 0 Å². The van der Waals surface area contributed by atoms with Crippen LogP contribution in [0.5, 0.6) is 5.75 Å². The molecule has 0 aromatic heterocycles. The number of fused-ring (bicyclic) bond motifs is 1. The molecule has 0 saturated carbocycles. The van der Waals surface area contributed by atoms with Crippen LogP contribution in [0.15, 0.2) is 42.5 Å². The monoisotopic (exact) mass is 296 g/mol. The van der Waals surface area contributed by atoms with Gasteiger partial charge in [-0.25, -0.2) is 0 Å². The molecule has 0 fully saturated rings. The van der Waals surface area contributed by atoms with E-state index in [1.165, 1.54) is 0 Å². The number of hydrogen-bond donors (Lipinski definition) is 1. The maximum atomic E-state index is 12.7. The van der Waals surface area contributed by atoms with Crippen molar-refractivity contribution in [3.63, 3.8) is 0 Å². The molecule has 114 valence electrons. The minimum absolute atomic E-state index is 0.0970. The number of rotatable bonds is 3. The zero-order chi connectivity index (χ0) is 15.5. The maximum Gasteiger partial charge on any atom is 0.231 e. The molecule has 2 aromatic carbocycles. The first kappa shape index (κ1) is 14.4. The van der Waals surface area contributed by atoms with Crippen molar-refractivity contribution in [1.82, 2.24) is 0 Å². The van der Waals surface area contributed by atoms with Gasteiger partial charge in [-0.1, -0.05) is 18.2 Å². The van der Waals surface area contributed by atoms with Crippen LogP contribution in [-0.2, 0) is 17.6 Å². The molecule has 0 unspecified atom stereocenters. The third-order valence-electron chi connectivity index (χ3n) is 4.08. The van der Waals surface area contributed by atoms with Crippen molar-refractivity contribution in [3.8, 4) is 5.75 Å². The first-order valence-electron chi connectivity index (χ1n) is 7.49. The SMILES string of the molecule is COc1cccc(CC(=O)N2CCCc3c(N)cccc32)c1. The highest BCUT2D eigenvalue weighted by Crippen LogP contribution is 2.31. The summed E-state index contributed by atoms with van der Waals surface area (Å²) in [6.45, 7) is 0.749. The number of ether oxygens (including phenoxy) is 1. The number of anilines is 2. The van der Waals surface area contributed by atoms with Gasteiger partial charge in [0.1, 0.15) is 5.75 Å². The van der Waals surface area contributed by atoms with E-state index in [-0.39, 0.29) is 5.91 Å². The summed E-state index contributed by atoms with van der Waals surface area (Å²) < 4.78 is 5.21. The number of carbonyl (C=O) groups is 1. The minimum Gasteiger partial charge on any atom is -0.497 e. The fourth-order valence-corrected chi connectivity index (χ4v) is 2.96. The molecule has 4 heteroatoms. The number of nitrogen functional groups attached to an aromatic ring is 1. The lowest BCUT2D eigenvalue weighted by Crippen LogP contribution is -2.36. The summed E-state index contributed by atoms with van der Waals surface area (Å²) in [4.78, 5) is 14.5. The molecule has 2 aromatic rings. The zero-order valence-corrected chi connectivity index (χ0v) is 12.7. The lowest BCUT2D eigenvalue weighted by Gasteiger charge is -2.30. The number of hydrogen-bond acceptors (Lipinski definition) is 3. The van der Waals surface area contributed by atoms with Crippen molar-refractivity contribution < 1.29 is 9.53 Å². The average Bonchev–Trinajstić information content (AvgIpc) is 2.55. The van der Waals surface area contributed by atoms with E-state index in [1.807, 2.05) is 47.4 Å². The summed E-state index contributed by atoms with van der Waals surface area (Å²) in [5.41, 5.74) is 9.82. The van der Waals surface area contributed by atoms with E-state index in [0.717, 1.165) is 47.6 Å². The van der Waals surface area contributed by atoms with E-state index in [1.54, 1.807) is 7.11 Å². The number of amides is 1. The quantitative estimate of drug-likeness (QED) is 0.886. The summed E-state index contributed by atoms with van der Waals surface area (Å²) >= 11 is 0. The number of nitrogens with zero attached hydrogens (tertiary/aromatic N) is 1. The molecule has 0 saturated heterocycles. The Hall–Kier alpha value is -2.49. The first-order valence-corrected chi connectivity index (χ1v) is 7.49. The fourth-order valence-electron chi connectivity index (χ4n) is 2.96. The van der Waals surface area contributed by atoms with Gasteiger partial charge in [-0.2, -0.15) is 0 Å². The van der Waals surface area contributed by atoms with Crippen molar-refractivity contribution in [1.29, 1.82) is 0 Å². The Morgan fingerprint density at radius 1 is 1.27 bits per heavy atom. The Morgan fingerprint density at radius 3 is 2.91 bits per heavy atom. The van der Waals surface area contributed by atoms with Crippen LogP contribution in [0.4, 0.5) is 11.4 Å². The Bertz CT molecular complexity index is 697. The van der Waals surface area contributed by atoms with Crippen LogP contribution in [0.1, 0.15) is 17.5 Å². The molecular weight excluding hydrogens is 276 g/mol. The van der Waals surface area contributed by atoms with E-state index in [4.69, 9.17) is 10.5 Å². The second kappa shape index (κ2) is 6.10. The molecule has 3 rings (SSSR count). The summed E-state index contributed by atoms with van der Waals surface area (Å²) in [6, 6.07) is 13.4. The largest absolute Gasteiger partial charge is 0.497 e. The molecule has 1 aliphatic heterocycles. The highest BCUT2D eigenvalue weighted by atomic mass is 16.5. The molecule has 0 radical (unpaired) electrons. The van der Waals surface area contributed by atoms with Crippen molar-refractivity contribution >= 4 is 17.3 Å². The fraction of sp³-hybridized carbons (Fsp3) is 0.278. The standard InChI is InChI=1S/C18H20N2O2/c1-22-14-6-2-5-13(11-14)12-18(21)20-10-4-7-15-16(19)8-3-9-17(15)20/h2-3,5-6,8-9,11H,4,7,10,12,19H2,1H3. The minimum atomic E-state index is 0.0970. The third-order valence-corrected chi connectivity index (χ3v) is 4.08. The van der Waals surface area contributed by atoms with E-state index in [2.05, 4.69) is 0 Å². The number of nitrogens with two attached hydrogens (primary N) is 1. The normalized spacial score (nSPS) is 13.6. The number of carbonyl (C=O) groups excluding carboxylic acids is 1. The second-order valence-electron chi connectivity index (χ2n) is 5.52. The Morgan fingerprint density at radius 2 is 2.09 bits per heavy atom. The van der Waals surface area contributed by atoms with E-state index >= 15 is 0 Å². The van der Waals surface area contributed by atoms with Crippen molar-refractivity contribution in [3.05, 3.63) is 53.6 Å². The highest BCUT2D eigenvalue weighted by Gasteiger charge is 2.23. The van der Waals surface area contributed by atoms with Crippen LogP contribution in [0, 0.1) is 0 Å². The van der Waals surface area contributed by atoms with Gasteiger partial charge in [0.2, 0.25) is 5.91 Å². The van der Waals surface area contributed by atoms with Gasteiger partial charge in [-0.3, -0.25) is 4.79 Å². The zero-order valence-electron chi connectivity index (χ0n) is 12.7. The third kappa shape index (κ3) is 2.77. The molecule has 0 bridgehead atoms. The van der Waals surface area contributed by atoms with E-state index in [0.29, 0.717) is 6.42 Å². The molecule has 1 heterocycles. The summed E-state index contributed by atoms with van der Waals surface area (Å²) in [6.07, 6.45) is 2.25. The van der Waals surface area contributed by atoms with Crippen LogP contribution in [0.3, 0.4) is 0 Å². The van der Waals surface area contributed by atoms with Crippen molar-refractivity contribution in [2.75, 3.05) is 24.3 Å². The van der Waals surface area contributed by atoms with Gasteiger partial charge in [0, 0.05) is 17.9 Å². The number of benzene rings is 2. The van der Waals surface area contributed by atoms with Crippen molar-refractivity contribution in [2.24, 2.45) is 0 Å². The first-order chi connectivity index (χ1) is 10.7. The van der Waals surface area contributed by atoms with Crippen LogP contribution < -0.4 is 15.4 Å². The molecule has 0 spiro atoms. The summed E-state index contributed by atoms with van der Waals surface area (Å²) in [7, 11) is 1.63. The predicted molar refractivity (Wildman–Crippen MR) is 88.2 cm³/mol. The topological polar surface area (TPSA) is 55.6 Å². The molecule has 0 aliphatic carbocycles. The van der Waals surface area contributed by atoms with Crippen LogP contribution in [-0.4, -0.2) is 19.6 Å².